The van der Waals surface area contributed by atoms with E-state index in [2.05, 4.69) is 15.9 Å². The average molecular weight is 429 g/mol. The monoisotopic (exact) mass is 427 g/mol. The Labute approximate surface area is 150 Å². The minimum atomic E-state index is -3.70. The maximum absolute atomic E-state index is 12.7. The van der Waals surface area contributed by atoms with Crippen LogP contribution in [0.1, 0.15) is 20.3 Å². The fourth-order valence-electron chi connectivity index (χ4n) is 2.48. The molecule has 0 aliphatic carbocycles. The predicted molar refractivity (Wildman–Crippen MR) is 93.2 cm³/mol. The highest BCUT2D eigenvalue weighted by Crippen LogP contribution is 2.33. The van der Waals surface area contributed by atoms with E-state index in [1.165, 1.54) is 22.5 Å². The van der Waals surface area contributed by atoms with Crippen molar-refractivity contribution in [3.63, 3.8) is 0 Å². The molecule has 0 aromatic heterocycles. The Bertz CT molecular complexity index is 711. The summed E-state index contributed by atoms with van der Waals surface area (Å²) in [6.07, 6.45) is 0.584. The van der Waals surface area contributed by atoms with Crippen molar-refractivity contribution in [2.45, 2.75) is 31.2 Å². The van der Waals surface area contributed by atoms with Gasteiger partial charge in [0.15, 0.2) is 0 Å². The van der Waals surface area contributed by atoms with Crippen LogP contribution in [0.15, 0.2) is 27.6 Å². The summed E-state index contributed by atoms with van der Waals surface area (Å²) < 4.78 is 27.0. The van der Waals surface area contributed by atoms with Crippen molar-refractivity contribution in [2.75, 3.05) is 13.1 Å². The fourth-order valence-corrected chi connectivity index (χ4v) is 4.80. The SMILES string of the molecule is CC1(C)CN(S(=O)(=O)c2ccc([N+](=O)[O-])c(Br)c2)CCC1N.Cl. The van der Waals surface area contributed by atoms with Crippen LogP contribution in [0.3, 0.4) is 0 Å². The van der Waals surface area contributed by atoms with Crippen molar-refractivity contribution in [3.8, 4) is 0 Å². The van der Waals surface area contributed by atoms with Crippen LogP contribution in [-0.4, -0.2) is 36.8 Å². The molecule has 23 heavy (non-hydrogen) atoms. The van der Waals surface area contributed by atoms with Gasteiger partial charge in [0, 0.05) is 25.2 Å². The van der Waals surface area contributed by atoms with Gasteiger partial charge in [0.25, 0.3) is 5.69 Å². The topological polar surface area (TPSA) is 107 Å². The van der Waals surface area contributed by atoms with Crippen LogP contribution in [-0.2, 0) is 10.0 Å². The van der Waals surface area contributed by atoms with E-state index in [0.29, 0.717) is 19.5 Å². The Kier molecular flexibility index (Phi) is 6.20. The van der Waals surface area contributed by atoms with Gasteiger partial charge in [-0.05, 0) is 39.9 Å². The molecule has 0 bridgehead atoms. The Morgan fingerprint density at radius 3 is 2.52 bits per heavy atom. The van der Waals surface area contributed by atoms with Gasteiger partial charge in [-0.25, -0.2) is 8.42 Å². The van der Waals surface area contributed by atoms with E-state index in [1.54, 1.807) is 0 Å². The molecule has 1 atom stereocenters. The molecule has 1 saturated heterocycles. The first kappa shape index (κ1) is 20.3. The third-order valence-electron chi connectivity index (χ3n) is 4.03. The number of nitrogens with two attached hydrogens (primary N) is 1. The zero-order valence-corrected chi connectivity index (χ0v) is 15.9. The summed E-state index contributed by atoms with van der Waals surface area (Å²) >= 11 is 3.05. The maximum atomic E-state index is 12.7. The van der Waals surface area contributed by atoms with Gasteiger partial charge >= 0.3 is 0 Å². The molecule has 1 unspecified atom stereocenters. The first-order chi connectivity index (χ1) is 10.1. The second-order valence-corrected chi connectivity index (χ2v) is 8.88. The molecule has 0 saturated carbocycles. The molecule has 1 heterocycles. The molecule has 2 rings (SSSR count). The molecular weight excluding hydrogens is 410 g/mol. The summed E-state index contributed by atoms with van der Waals surface area (Å²) in [4.78, 5) is 10.3. The number of nitro groups is 1. The number of nitro benzene ring substituents is 1. The molecule has 1 aliphatic rings. The van der Waals surface area contributed by atoms with Crippen molar-refractivity contribution in [1.82, 2.24) is 4.31 Å². The van der Waals surface area contributed by atoms with Crippen molar-refractivity contribution in [3.05, 3.63) is 32.8 Å². The van der Waals surface area contributed by atoms with Crippen molar-refractivity contribution >= 4 is 44.0 Å². The number of benzene rings is 1. The zero-order chi connectivity index (χ0) is 16.7. The summed E-state index contributed by atoms with van der Waals surface area (Å²) in [5.41, 5.74) is 5.55. The second kappa shape index (κ2) is 7.02. The minimum absolute atomic E-state index is 0. The molecule has 0 spiro atoms. The lowest BCUT2D eigenvalue weighted by atomic mass is 9.81. The number of hydrogen-bond acceptors (Lipinski definition) is 5. The summed E-state index contributed by atoms with van der Waals surface area (Å²) in [5, 5.41) is 10.8. The highest BCUT2D eigenvalue weighted by atomic mass is 79.9. The van der Waals surface area contributed by atoms with Gasteiger partial charge in [-0.2, -0.15) is 4.31 Å². The molecule has 1 aromatic rings. The summed E-state index contributed by atoms with van der Waals surface area (Å²) in [5.74, 6) is 0. The van der Waals surface area contributed by atoms with Gasteiger partial charge < -0.3 is 5.73 Å². The van der Waals surface area contributed by atoms with Gasteiger partial charge in [0.05, 0.1) is 14.3 Å². The van der Waals surface area contributed by atoms with Gasteiger partial charge in [-0.3, -0.25) is 10.1 Å². The van der Waals surface area contributed by atoms with E-state index < -0.39 is 14.9 Å². The van der Waals surface area contributed by atoms with Crippen molar-refractivity contribution < 1.29 is 13.3 Å². The Hall–Kier alpha value is -0.740. The van der Waals surface area contributed by atoms with Gasteiger partial charge in [0.2, 0.25) is 10.0 Å². The first-order valence-corrected chi connectivity index (χ1v) is 8.99. The highest BCUT2D eigenvalue weighted by Gasteiger charge is 2.39. The minimum Gasteiger partial charge on any atom is -0.327 e. The number of sulfonamides is 1. The first-order valence-electron chi connectivity index (χ1n) is 6.75. The fraction of sp³-hybridized carbons (Fsp3) is 0.538. The molecule has 1 fully saturated rings. The Balaban J connectivity index is 0.00000264. The summed E-state index contributed by atoms with van der Waals surface area (Å²) in [6, 6.07) is 3.68. The standard InChI is InChI=1S/C13H18BrN3O4S.ClH/c1-13(2)8-16(6-5-12(13)15)22(20,21)9-3-4-11(17(18)19)10(14)7-9;/h3-4,7,12H,5-6,8,15H2,1-2H3;1H. The third kappa shape index (κ3) is 4.03. The zero-order valence-electron chi connectivity index (χ0n) is 12.7. The molecule has 0 radical (unpaired) electrons. The van der Waals surface area contributed by atoms with E-state index in [9.17, 15) is 18.5 Å². The number of piperidine rings is 1. The Morgan fingerprint density at radius 1 is 1.43 bits per heavy atom. The molecule has 10 heteroatoms. The molecule has 2 N–H and O–H groups in total. The average Bonchev–Trinajstić information content (AvgIpc) is 2.41. The second-order valence-electron chi connectivity index (χ2n) is 6.09. The van der Waals surface area contributed by atoms with Crippen molar-refractivity contribution in [1.29, 1.82) is 0 Å². The highest BCUT2D eigenvalue weighted by molar-refractivity contribution is 9.10. The van der Waals surface area contributed by atoms with E-state index in [0.717, 1.165) is 0 Å². The normalized spacial score (nSPS) is 21.5. The van der Waals surface area contributed by atoms with Crippen LogP contribution in [0.2, 0.25) is 0 Å². The largest absolute Gasteiger partial charge is 0.327 e. The maximum Gasteiger partial charge on any atom is 0.283 e. The van der Waals surface area contributed by atoms with Crippen LogP contribution in [0.4, 0.5) is 5.69 Å². The van der Waals surface area contributed by atoms with Gasteiger partial charge in [0.1, 0.15) is 0 Å². The lowest BCUT2D eigenvalue weighted by Crippen LogP contribution is -2.53. The number of rotatable bonds is 3. The smallest absolute Gasteiger partial charge is 0.283 e. The lowest BCUT2D eigenvalue weighted by Gasteiger charge is -2.41. The van der Waals surface area contributed by atoms with Crippen molar-refractivity contribution in [2.24, 2.45) is 11.1 Å². The van der Waals surface area contributed by atoms with E-state index in [1.807, 2.05) is 13.8 Å². The Morgan fingerprint density at radius 2 is 2.04 bits per heavy atom. The van der Waals surface area contributed by atoms with Gasteiger partial charge in [-0.1, -0.05) is 13.8 Å². The molecule has 1 aliphatic heterocycles. The number of nitrogens with zero attached hydrogens (tertiary/aromatic N) is 2. The van der Waals surface area contributed by atoms with Crippen LogP contribution < -0.4 is 5.73 Å². The molecule has 130 valence electrons. The molecule has 7 nitrogen and oxygen atoms in total. The quantitative estimate of drug-likeness (QED) is 0.588. The van der Waals surface area contributed by atoms with Crippen LogP contribution >= 0.6 is 28.3 Å². The van der Waals surface area contributed by atoms with Crippen LogP contribution in [0, 0.1) is 15.5 Å². The number of halogens is 2. The predicted octanol–water partition coefficient (Wildman–Crippen LogP) is 2.53. The van der Waals surface area contributed by atoms with Crippen LogP contribution in [0.5, 0.6) is 0 Å². The van der Waals surface area contributed by atoms with E-state index >= 15 is 0 Å². The lowest BCUT2D eigenvalue weighted by molar-refractivity contribution is -0.385. The summed E-state index contributed by atoms with van der Waals surface area (Å²) in [6.45, 7) is 4.54. The van der Waals surface area contributed by atoms with Gasteiger partial charge in [-0.15, -0.1) is 12.4 Å². The van der Waals surface area contributed by atoms with E-state index in [4.69, 9.17) is 5.73 Å². The van der Waals surface area contributed by atoms with E-state index in [-0.39, 0.29) is 38.9 Å². The molecule has 0 amide bonds. The molecular formula is C13H19BrClN3O4S. The third-order valence-corrected chi connectivity index (χ3v) is 6.51. The summed E-state index contributed by atoms with van der Waals surface area (Å²) in [7, 11) is -3.70. The molecule has 1 aromatic carbocycles. The number of hydrogen-bond donors (Lipinski definition) is 1. The van der Waals surface area contributed by atoms with Crippen LogP contribution in [0.25, 0.3) is 0 Å².